The van der Waals surface area contributed by atoms with Gasteiger partial charge in [-0.25, -0.2) is 4.79 Å². The number of nitrogens with zero attached hydrogens (tertiary/aromatic N) is 1. The van der Waals surface area contributed by atoms with Gasteiger partial charge in [-0.2, -0.15) is 0 Å². The molecule has 3 rings (SSSR count). The van der Waals surface area contributed by atoms with Crippen molar-refractivity contribution in [1.82, 2.24) is 10.2 Å². The Balaban J connectivity index is 0.000000837. The molecule has 0 aliphatic carbocycles. The minimum atomic E-state index is -1.08. The Hall–Kier alpha value is -1.66. The molecule has 0 bridgehead atoms. The molecule has 2 fully saturated rings. The van der Waals surface area contributed by atoms with E-state index in [1.165, 1.54) is 4.90 Å². The number of ether oxygens (including phenoxy) is 1. The molecule has 0 unspecified atom stereocenters. The number of carbonyl (C=O) groups is 3. The Morgan fingerprint density at radius 3 is 2.47 bits per heavy atom. The minimum Gasteiger partial charge on any atom is -0.481 e. The van der Waals surface area contributed by atoms with Crippen molar-refractivity contribution in [1.29, 1.82) is 0 Å². The lowest BCUT2D eigenvalue weighted by atomic mass is 9.79. The third-order valence-corrected chi connectivity index (χ3v) is 7.46. The number of carbonyl (C=O) groups excluding carboxylic acids is 1. The number of β-lactam (4-membered cyclic amide) rings is 1. The van der Waals surface area contributed by atoms with E-state index in [4.69, 9.17) is 20.4 Å². The molecular formula is C21H35N3O7S. The summed E-state index contributed by atoms with van der Waals surface area (Å²) in [5, 5.41) is 30.7. The highest BCUT2D eigenvalue weighted by Crippen LogP contribution is 2.51. The number of hydrogen-bond donors (Lipinski definition) is 5. The molecule has 3 aliphatic rings. The van der Waals surface area contributed by atoms with Crippen LogP contribution in [-0.4, -0.2) is 86.8 Å². The number of aliphatic hydroxyl groups is 1. The lowest BCUT2D eigenvalue weighted by Crippen LogP contribution is -2.63. The Labute approximate surface area is 192 Å². The summed E-state index contributed by atoms with van der Waals surface area (Å²) in [6.45, 7) is 10.3. The van der Waals surface area contributed by atoms with Gasteiger partial charge in [0, 0.05) is 42.1 Å². The quantitative estimate of drug-likeness (QED) is 0.313. The van der Waals surface area contributed by atoms with Crippen molar-refractivity contribution in [2.75, 3.05) is 19.7 Å². The maximum Gasteiger partial charge on any atom is 0.353 e. The van der Waals surface area contributed by atoms with E-state index in [9.17, 15) is 19.8 Å². The van der Waals surface area contributed by atoms with Crippen molar-refractivity contribution in [2.45, 2.75) is 70.1 Å². The third kappa shape index (κ3) is 5.82. The highest BCUT2D eigenvalue weighted by Gasteiger charge is 2.60. The van der Waals surface area contributed by atoms with Crippen LogP contribution in [0.5, 0.6) is 0 Å². The van der Waals surface area contributed by atoms with Crippen molar-refractivity contribution in [3.05, 3.63) is 10.6 Å². The fraction of sp³-hybridized carbons (Fsp3) is 0.762. The first-order chi connectivity index (χ1) is 14.8. The Morgan fingerprint density at radius 2 is 1.97 bits per heavy atom. The summed E-state index contributed by atoms with van der Waals surface area (Å²) < 4.78 is 5.88. The fourth-order valence-corrected chi connectivity index (χ4v) is 5.76. The van der Waals surface area contributed by atoms with E-state index < -0.39 is 24.0 Å². The molecule has 0 aromatic carbocycles. The zero-order chi connectivity index (χ0) is 24.4. The summed E-state index contributed by atoms with van der Waals surface area (Å²) in [5.41, 5.74) is 5.43. The van der Waals surface area contributed by atoms with Gasteiger partial charge in [-0.05, 0) is 27.2 Å². The van der Waals surface area contributed by atoms with E-state index in [1.807, 2.05) is 20.8 Å². The maximum absolute atomic E-state index is 12.4. The normalized spacial score (nSPS) is 30.4. The molecule has 0 aromatic heterocycles. The van der Waals surface area contributed by atoms with E-state index in [0.717, 1.165) is 24.8 Å². The summed E-state index contributed by atoms with van der Waals surface area (Å²) in [5.74, 6) is -2.83. The number of carboxylic acid groups (broad SMARTS) is 2. The highest BCUT2D eigenvalue weighted by atomic mass is 32.2. The zero-order valence-electron chi connectivity index (χ0n) is 19.2. The molecular weight excluding hydrogens is 438 g/mol. The van der Waals surface area contributed by atoms with Crippen LogP contribution in [0.4, 0.5) is 0 Å². The van der Waals surface area contributed by atoms with Gasteiger partial charge in [0.2, 0.25) is 5.91 Å². The summed E-state index contributed by atoms with van der Waals surface area (Å²) >= 11 is 1.55. The predicted molar refractivity (Wildman–Crippen MR) is 120 cm³/mol. The molecule has 3 heterocycles. The number of fused-ring (bicyclic) bond motifs is 1. The molecule has 1 amide bonds. The summed E-state index contributed by atoms with van der Waals surface area (Å²) in [6.07, 6.45) is 0.0727. The zero-order valence-corrected chi connectivity index (χ0v) is 20.0. The second-order valence-corrected chi connectivity index (χ2v) is 10.5. The molecule has 6 N–H and O–H groups in total. The van der Waals surface area contributed by atoms with Crippen LogP contribution >= 0.6 is 11.8 Å². The van der Waals surface area contributed by atoms with Gasteiger partial charge in [0.25, 0.3) is 5.97 Å². The molecule has 3 aliphatic heterocycles. The number of thioether (sulfide) groups is 1. The average molecular weight is 474 g/mol. The van der Waals surface area contributed by atoms with Gasteiger partial charge in [0.1, 0.15) is 5.70 Å². The SMILES string of the molecule is CC(=O)O.C[C@@H](O)[C@H]1C(=O)N2C(C(=O)O)=C(S[C@@H]3CN[C@H](COC(C)(C)CN)C3)[C@H](C)[C@H]12. The van der Waals surface area contributed by atoms with Crippen LogP contribution in [0.1, 0.15) is 41.0 Å². The topological polar surface area (TPSA) is 162 Å². The first kappa shape index (κ1) is 26.6. The largest absolute Gasteiger partial charge is 0.481 e. The maximum atomic E-state index is 12.4. The van der Waals surface area contributed by atoms with Crippen molar-refractivity contribution in [3.8, 4) is 0 Å². The second kappa shape index (κ2) is 10.5. The van der Waals surface area contributed by atoms with E-state index >= 15 is 0 Å². The summed E-state index contributed by atoms with van der Waals surface area (Å²) in [6, 6.07) is -0.0715. The van der Waals surface area contributed by atoms with Gasteiger partial charge in [0.05, 0.1) is 30.3 Å². The number of aliphatic hydroxyl groups excluding tert-OH is 1. The smallest absolute Gasteiger partial charge is 0.353 e. The molecule has 0 aromatic rings. The lowest BCUT2D eigenvalue weighted by molar-refractivity contribution is -0.163. The molecule has 11 heteroatoms. The van der Waals surface area contributed by atoms with Crippen LogP contribution < -0.4 is 11.1 Å². The van der Waals surface area contributed by atoms with Crippen molar-refractivity contribution >= 4 is 29.6 Å². The van der Waals surface area contributed by atoms with Gasteiger partial charge in [-0.15, -0.1) is 11.8 Å². The van der Waals surface area contributed by atoms with Crippen LogP contribution in [0.15, 0.2) is 10.6 Å². The molecule has 32 heavy (non-hydrogen) atoms. The van der Waals surface area contributed by atoms with Gasteiger partial charge in [-0.3, -0.25) is 9.59 Å². The number of nitrogens with one attached hydrogen (secondary N) is 1. The van der Waals surface area contributed by atoms with E-state index in [-0.39, 0.29) is 40.5 Å². The molecule has 182 valence electrons. The number of rotatable bonds is 8. The predicted octanol–water partition coefficient (Wildman–Crippen LogP) is 0.449. The lowest BCUT2D eigenvalue weighted by Gasteiger charge is -2.46. The molecule has 6 atom stereocenters. The Bertz CT molecular complexity index is 766. The van der Waals surface area contributed by atoms with Gasteiger partial charge >= 0.3 is 5.97 Å². The van der Waals surface area contributed by atoms with Crippen LogP contribution in [0, 0.1) is 11.8 Å². The van der Waals surface area contributed by atoms with Crippen LogP contribution in [0.25, 0.3) is 0 Å². The van der Waals surface area contributed by atoms with E-state index in [2.05, 4.69) is 5.32 Å². The number of nitrogens with two attached hydrogens (primary N) is 1. The molecule has 0 spiro atoms. The van der Waals surface area contributed by atoms with Crippen LogP contribution in [-0.2, 0) is 19.1 Å². The standard InChI is InChI=1S/C19H31N3O5S.C2H4O2/c1-9-14-13(10(2)23)17(24)22(14)15(18(25)26)16(9)28-12-5-11(21-6-12)7-27-19(3,4)8-20;1-2(3)4/h9-14,21,23H,5-8,20H2,1-4H3,(H,25,26);1H3,(H,3,4)/t9-,10-,11+,12+,13-,14-;/m1./s1. The second-order valence-electron chi connectivity index (χ2n) is 9.15. The Morgan fingerprint density at radius 1 is 1.38 bits per heavy atom. The summed E-state index contributed by atoms with van der Waals surface area (Å²) in [4.78, 5) is 35.4. The van der Waals surface area contributed by atoms with Crippen molar-refractivity contribution in [3.63, 3.8) is 0 Å². The first-order valence-electron chi connectivity index (χ1n) is 10.7. The molecule has 0 radical (unpaired) electrons. The molecule has 2 saturated heterocycles. The van der Waals surface area contributed by atoms with E-state index in [0.29, 0.717) is 13.2 Å². The van der Waals surface area contributed by atoms with Gasteiger partial charge < -0.3 is 36.0 Å². The number of hydrogen-bond acceptors (Lipinski definition) is 8. The van der Waals surface area contributed by atoms with Gasteiger partial charge in [-0.1, -0.05) is 6.92 Å². The van der Waals surface area contributed by atoms with Crippen molar-refractivity contribution < 1.29 is 34.4 Å². The van der Waals surface area contributed by atoms with Gasteiger partial charge in [0.15, 0.2) is 0 Å². The fourth-order valence-electron chi connectivity index (χ4n) is 4.24. The monoisotopic (exact) mass is 473 g/mol. The van der Waals surface area contributed by atoms with E-state index in [1.54, 1.807) is 18.7 Å². The highest BCUT2D eigenvalue weighted by molar-refractivity contribution is 8.03. The molecule has 10 nitrogen and oxygen atoms in total. The number of amides is 1. The van der Waals surface area contributed by atoms with Crippen molar-refractivity contribution in [2.24, 2.45) is 17.6 Å². The first-order valence-corrected chi connectivity index (χ1v) is 11.6. The minimum absolute atomic E-state index is 0.0911. The van der Waals surface area contributed by atoms with Crippen LogP contribution in [0.2, 0.25) is 0 Å². The third-order valence-electron chi connectivity index (χ3n) is 5.95. The summed E-state index contributed by atoms with van der Waals surface area (Å²) in [7, 11) is 0. The molecule has 0 saturated carbocycles. The average Bonchev–Trinajstić information content (AvgIpc) is 3.21. The van der Waals surface area contributed by atoms with Crippen LogP contribution in [0.3, 0.4) is 0 Å². The Kier molecular flexibility index (Phi) is 8.74. The number of carboxylic acids is 2. The number of aliphatic carboxylic acids is 2.